The summed E-state index contributed by atoms with van der Waals surface area (Å²) in [7, 11) is 0. The summed E-state index contributed by atoms with van der Waals surface area (Å²) in [6.45, 7) is 12.0. The smallest absolute Gasteiger partial charge is 0.0363 e. The van der Waals surface area contributed by atoms with Gasteiger partial charge < -0.3 is 5.73 Å². The molecule has 0 aromatic rings. The van der Waals surface area contributed by atoms with E-state index in [1.165, 1.54) is 58.2 Å². The van der Waals surface area contributed by atoms with Crippen molar-refractivity contribution in [2.45, 2.75) is 76.9 Å². The third kappa shape index (κ3) is 2.77. The Morgan fingerprint density at radius 2 is 1.86 bits per heavy atom. The highest BCUT2D eigenvalue weighted by molar-refractivity contribution is 5.05. The molecule has 3 rings (SSSR count). The molecule has 5 atom stereocenters. The van der Waals surface area contributed by atoms with Crippen molar-refractivity contribution in [3.05, 3.63) is 0 Å². The van der Waals surface area contributed by atoms with Crippen molar-refractivity contribution < 1.29 is 0 Å². The summed E-state index contributed by atoms with van der Waals surface area (Å²) < 4.78 is 0. The van der Waals surface area contributed by atoms with Gasteiger partial charge in [0.05, 0.1) is 0 Å². The first-order chi connectivity index (χ1) is 10.1. The van der Waals surface area contributed by atoms with Gasteiger partial charge in [-0.05, 0) is 51.0 Å². The van der Waals surface area contributed by atoms with Crippen molar-refractivity contribution in [1.29, 1.82) is 0 Å². The molecule has 0 aromatic heterocycles. The maximum Gasteiger partial charge on any atom is 0.0363 e. The first-order valence-electron chi connectivity index (χ1n) is 9.27. The molecule has 3 nitrogen and oxygen atoms in total. The van der Waals surface area contributed by atoms with Crippen LogP contribution in [0.3, 0.4) is 0 Å². The predicted molar refractivity (Wildman–Crippen MR) is 89.3 cm³/mol. The lowest BCUT2D eigenvalue weighted by Gasteiger charge is -2.59. The van der Waals surface area contributed by atoms with E-state index in [0.717, 1.165) is 24.4 Å². The summed E-state index contributed by atoms with van der Waals surface area (Å²) in [5.41, 5.74) is 6.66. The van der Waals surface area contributed by atoms with E-state index in [4.69, 9.17) is 5.73 Å². The summed E-state index contributed by atoms with van der Waals surface area (Å²) in [5, 5.41) is 0. The van der Waals surface area contributed by atoms with Gasteiger partial charge in [-0.3, -0.25) is 9.80 Å². The SMILES string of the molecule is CC1CCC(C)C(CN)(N2CC3CCCCN3CC2C)C1. The topological polar surface area (TPSA) is 32.5 Å². The summed E-state index contributed by atoms with van der Waals surface area (Å²) in [4.78, 5) is 5.60. The minimum absolute atomic E-state index is 0.265. The van der Waals surface area contributed by atoms with Crippen LogP contribution in [-0.2, 0) is 0 Å². The van der Waals surface area contributed by atoms with E-state index in [1.807, 2.05) is 0 Å². The van der Waals surface area contributed by atoms with Crippen LogP contribution in [0.15, 0.2) is 0 Å². The van der Waals surface area contributed by atoms with Crippen molar-refractivity contribution in [1.82, 2.24) is 9.80 Å². The highest BCUT2D eigenvalue weighted by Crippen LogP contribution is 2.43. The Hall–Kier alpha value is -0.120. The standard InChI is InChI=1S/C18H35N3/c1-14-7-8-15(2)18(10-14,13-19)21-12-17-6-4-5-9-20(17)11-16(21)3/h14-17H,4-13,19H2,1-3H3. The van der Waals surface area contributed by atoms with Crippen molar-refractivity contribution in [2.75, 3.05) is 26.2 Å². The monoisotopic (exact) mass is 293 g/mol. The zero-order valence-corrected chi connectivity index (χ0v) is 14.4. The van der Waals surface area contributed by atoms with Crippen LogP contribution in [0.5, 0.6) is 0 Å². The first-order valence-corrected chi connectivity index (χ1v) is 9.27. The maximum absolute atomic E-state index is 6.40. The number of rotatable bonds is 2. The fraction of sp³-hybridized carbons (Fsp3) is 1.00. The number of piperidine rings is 1. The summed E-state index contributed by atoms with van der Waals surface area (Å²) in [5.74, 6) is 1.58. The molecule has 0 aromatic carbocycles. The van der Waals surface area contributed by atoms with Crippen LogP contribution in [0.1, 0.15) is 59.3 Å². The highest BCUT2D eigenvalue weighted by Gasteiger charge is 2.48. The number of hydrogen-bond donors (Lipinski definition) is 1. The minimum atomic E-state index is 0.265. The Morgan fingerprint density at radius 1 is 1.05 bits per heavy atom. The molecule has 0 radical (unpaired) electrons. The van der Waals surface area contributed by atoms with Crippen LogP contribution in [0.25, 0.3) is 0 Å². The number of nitrogens with two attached hydrogens (primary N) is 1. The third-order valence-electron chi connectivity index (χ3n) is 6.82. The number of piperazine rings is 1. The van der Waals surface area contributed by atoms with Gasteiger partial charge in [-0.1, -0.05) is 26.7 Å². The van der Waals surface area contributed by atoms with E-state index < -0.39 is 0 Å². The molecular formula is C18H35N3. The van der Waals surface area contributed by atoms with E-state index in [9.17, 15) is 0 Å². The van der Waals surface area contributed by atoms with Crippen LogP contribution in [-0.4, -0.2) is 53.6 Å². The van der Waals surface area contributed by atoms with Gasteiger partial charge in [0.25, 0.3) is 0 Å². The molecule has 1 aliphatic carbocycles. The second-order valence-electron chi connectivity index (χ2n) is 8.24. The fourth-order valence-corrected chi connectivity index (χ4v) is 5.48. The largest absolute Gasteiger partial charge is 0.329 e. The average molecular weight is 293 g/mol. The molecule has 3 aliphatic rings. The molecule has 3 heteroatoms. The van der Waals surface area contributed by atoms with Crippen LogP contribution in [0.4, 0.5) is 0 Å². The lowest BCUT2D eigenvalue weighted by molar-refractivity contribution is -0.0860. The highest BCUT2D eigenvalue weighted by atomic mass is 15.3. The molecular weight excluding hydrogens is 258 g/mol. The van der Waals surface area contributed by atoms with Gasteiger partial charge in [-0.25, -0.2) is 0 Å². The Labute approximate surface area is 131 Å². The molecule has 0 bridgehead atoms. The maximum atomic E-state index is 6.40. The van der Waals surface area contributed by atoms with Crippen molar-refractivity contribution in [3.63, 3.8) is 0 Å². The van der Waals surface area contributed by atoms with Gasteiger partial charge in [0.1, 0.15) is 0 Å². The minimum Gasteiger partial charge on any atom is -0.329 e. The number of nitrogens with zero attached hydrogens (tertiary/aromatic N) is 2. The Kier molecular flexibility index (Phi) is 4.63. The van der Waals surface area contributed by atoms with E-state index in [0.29, 0.717) is 6.04 Å². The lowest BCUT2D eigenvalue weighted by atomic mass is 9.67. The van der Waals surface area contributed by atoms with E-state index in [2.05, 4.69) is 30.6 Å². The van der Waals surface area contributed by atoms with E-state index in [-0.39, 0.29) is 5.54 Å². The molecule has 3 fully saturated rings. The molecule has 2 saturated heterocycles. The van der Waals surface area contributed by atoms with Gasteiger partial charge in [-0.15, -0.1) is 0 Å². The molecule has 2 aliphatic heterocycles. The van der Waals surface area contributed by atoms with Crippen LogP contribution >= 0.6 is 0 Å². The van der Waals surface area contributed by atoms with Crippen molar-refractivity contribution >= 4 is 0 Å². The second kappa shape index (κ2) is 6.17. The van der Waals surface area contributed by atoms with Crippen LogP contribution < -0.4 is 5.73 Å². The quantitative estimate of drug-likeness (QED) is 0.849. The Balaban J connectivity index is 1.82. The van der Waals surface area contributed by atoms with Crippen LogP contribution in [0.2, 0.25) is 0 Å². The van der Waals surface area contributed by atoms with Gasteiger partial charge in [-0.2, -0.15) is 0 Å². The van der Waals surface area contributed by atoms with Gasteiger partial charge in [0, 0.05) is 37.3 Å². The molecule has 21 heavy (non-hydrogen) atoms. The molecule has 2 heterocycles. The molecule has 122 valence electrons. The molecule has 1 saturated carbocycles. The van der Waals surface area contributed by atoms with E-state index >= 15 is 0 Å². The normalized spacial score (nSPS) is 46.3. The summed E-state index contributed by atoms with van der Waals surface area (Å²) >= 11 is 0. The Morgan fingerprint density at radius 3 is 2.62 bits per heavy atom. The second-order valence-corrected chi connectivity index (χ2v) is 8.24. The van der Waals surface area contributed by atoms with Crippen molar-refractivity contribution in [2.24, 2.45) is 17.6 Å². The zero-order valence-electron chi connectivity index (χ0n) is 14.4. The fourth-order valence-electron chi connectivity index (χ4n) is 5.48. The number of fused-ring (bicyclic) bond motifs is 1. The van der Waals surface area contributed by atoms with Crippen molar-refractivity contribution in [3.8, 4) is 0 Å². The van der Waals surface area contributed by atoms with E-state index in [1.54, 1.807) is 0 Å². The predicted octanol–water partition coefficient (Wildman–Crippen LogP) is 2.70. The van der Waals surface area contributed by atoms with Crippen LogP contribution in [0, 0.1) is 11.8 Å². The Bertz CT molecular complexity index is 358. The van der Waals surface area contributed by atoms with Gasteiger partial charge >= 0.3 is 0 Å². The molecule has 0 spiro atoms. The average Bonchev–Trinajstić information content (AvgIpc) is 2.49. The molecule has 0 amide bonds. The van der Waals surface area contributed by atoms with Gasteiger partial charge in [0.2, 0.25) is 0 Å². The first kappa shape index (κ1) is 15.8. The number of hydrogen-bond acceptors (Lipinski definition) is 3. The molecule has 5 unspecified atom stereocenters. The summed E-state index contributed by atoms with van der Waals surface area (Å²) in [6, 6.07) is 1.46. The summed E-state index contributed by atoms with van der Waals surface area (Å²) in [6.07, 6.45) is 8.27. The zero-order chi connectivity index (χ0) is 15.0. The third-order valence-corrected chi connectivity index (χ3v) is 6.82. The van der Waals surface area contributed by atoms with Gasteiger partial charge in [0.15, 0.2) is 0 Å². The molecule has 2 N–H and O–H groups in total. The lowest BCUT2D eigenvalue weighted by Crippen LogP contribution is -2.70.